The zero-order valence-electron chi connectivity index (χ0n) is 5.91. The van der Waals surface area contributed by atoms with E-state index in [9.17, 15) is 0 Å². The minimum atomic E-state index is 0.198. The number of benzene rings is 2. The molecular formula is C10H7O. The van der Waals surface area contributed by atoms with E-state index in [2.05, 4.69) is 6.07 Å². The van der Waals surface area contributed by atoms with Crippen LogP contribution in [0.5, 0.6) is 5.75 Å². The van der Waals surface area contributed by atoms with E-state index in [4.69, 9.17) is 5.11 Å². The van der Waals surface area contributed by atoms with Crippen LogP contribution in [0.3, 0.4) is 0 Å². The van der Waals surface area contributed by atoms with E-state index in [0.717, 1.165) is 10.8 Å². The highest BCUT2D eigenvalue weighted by Crippen LogP contribution is 2.17. The molecule has 0 saturated heterocycles. The first-order valence-electron chi connectivity index (χ1n) is 3.46. The van der Waals surface area contributed by atoms with E-state index in [-0.39, 0.29) is 5.75 Å². The molecule has 0 aromatic heterocycles. The van der Waals surface area contributed by atoms with Gasteiger partial charge in [-0.2, -0.15) is 0 Å². The van der Waals surface area contributed by atoms with Crippen molar-refractivity contribution in [3.8, 4) is 5.75 Å². The smallest absolute Gasteiger partial charge is 0.124 e. The van der Waals surface area contributed by atoms with Gasteiger partial charge in [0.05, 0.1) is 0 Å². The van der Waals surface area contributed by atoms with Gasteiger partial charge < -0.3 is 5.11 Å². The van der Waals surface area contributed by atoms with Crippen LogP contribution in [0, 0.1) is 6.07 Å². The monoisotopic (exact) mass is 143 g/mol. The highest BCUT2D eigenvalue weighted by Gasteiger charge is 1.92. The van der Waals surface area contributed by atoms with E-state index in [1.807, 2.05) is 30.3 Å². The van der Waals surface area contributed by atoms with Crippen LogP contribution >= 0.6 is 0 Å². The number of hydrogen-bond acceptors (Lipinski definition) is 1. The van der Waals surface area contributed by atoms with E-state index >= 15 is 0 Å². The molecule has 0 heterocycles. The predicted molar refractivity (Wildman–Crippen MR) is 44.4 cm³/mol. The molecule has 0 saturated carbocycles. The van der Waals surface area contributed by atoms with Gasteiger partial charge in [-0.3, -0.25) is 0 Å². The van der Waals surface area contributed by atoms with E-state index in [0.29, 0.717) is 0 Å². The first-order chi connectivity index (χ1) is 5.36. The van der Waals surface area contributed by atoms with Gasteiger partial charge >= 0.3 is 0 Å². The number of phenolic OH excluding ortho intramolecular Hbond substituents is 1. The topological polar surface area (TPSA) is 20.2 Å². The number of hydrogen-bond donors (Lipinski definition) is 1. The molecule has 0 atom stereocenters. The third-order valence-corrected chi connectivity index (χ3v) is 1.64. The number of phenols is 1. The molecule has 1 N–H and O–H groups in total. The van der Waals surface area contributed by atoms with Crippen molar-refractivity contribution < 1.29 is 5.11 Å². The fraction of sp³-hybridized carbons (Fsp3) is 0. The third-order valence-electron chi connectivity index (χ3n) is 1.64. The predicted octanol–water partition coefficient (Wildman–Crippen LogP) is 2.35. The Hall–Kier alpha value is -1.50. The van der Waals surface area contributed by atoms with Gasteiger partial charge in [0.25, 0.3) is 0 Å². The summed E-state index contributed by atoms with van der Waals surface area (Å²) in [5, 5.41) is 11.1. The molecule has 1 nitrogen and oxygen atoms in total. The number of fused-ring (bicyclic) bond motifs is 1. The summed E-state index contributed by atoms with van der Waals surface area (Å²) >= 11 is 0. The van der Waals surface area contributed by atoms with Crippen molar-refractivity contribution in [2.75, 3.05) is 0 Å². The van der Waals surface area contributed by atoms with Crippen molar-refractivity contribution >= 4 is 10.8 Å². The van der Waals surface area contributed by atoms with Gasteiger partial charge in [-0.25, -0.2) is 0 Å². The zero-order chi connectivity index (χ0) is 7.68. The van der Waals surface area contributed by atoms with Crippen LogP contribution in [0.4, 0.5) is 0 Å². The Labute approximate surface area is 64.9 Å². The summed E-state index contributed by atoms with van der Waals surface area (Å²) in [5.41, 5.74) is 0. The maximum absolute atomic E-state index is 9.07. The average molecular weight is 143 g/mol. The second-order valence-corrected chi connectivity index (χ2v) is 2.43. The fourth-order valence-corrected chi connectivity index (χ4v) is 1.10. The molecule has 0 aliphatic carbocycles. The van der Waals surface area contributed by atoms with Crippen LogP contribution in [-0.4, -0.2) is 5.11 Å². The summed E-state index contributed by atoms with van der Waals surface area (Å²) < 4.78 is 0. The molecule has 0 aliphatic rings. The largest absolute Gasteiger partial charge is 0.507 e. The molecule has 2 aromatic carbocycles. The molecule has 0 amide bonds. The van der Waals surface area contributed by atoms with E-state index in [1.165, 1.54) is 0 Å². The summed E-state index contributed by atoms with van der Waals surface area (Å²) in [6.45, 7) is 0. The molecule has 0 spiro atoms. The molecule has 53 valence electrons. The Bertz CT molecular complexity index is 379. The summed E-state index contributed by atoms with van der Waals surface area (Å²) in [6, 6.07) is 14.2. The number of aromatic hydroxyl groups is 1. The van der Waals surface area contributed by atoms with Gasteiger partial charge in [0.2, 0.25) is 0 Å². The highest BCUT2D eigenvalue weighted by molar-refractivity contribution is 5.82. The molecule has 0 fully saturated rings. The fourth-order valence-electron chi connectivity index (χ4n) is 1.10. The van der Waals surface area contributed by atoms with Gasteiger partial charge in [-0.05, 0) is 16.8 Å². The molecule has 0 aliphatic heterocycles. The van der Waals surface area contributed by atoms with E-state index in [1.54, 1.807) is 6.07 Å². The standard InChI is InChI=1S/C10H7O/c11-10-6-5-8-3-1-2-4-9(8)7-10/h1-6,11H. The van der Waals surface area contributed by atoms with Crippen LogP contribution in [-0.2, 0) is 0 Å². The van der Waals surface area contributed by atoms with Gasteiger partial charge in [0.1, 0.15) is 5.75 Å². The first-order valence-corrected chi connectivity index (χ1v) is 3.46. The van der Waals surface area contributed by atoms with Gasteiger partial charge in [-0.15, -0.1) is 0 Å². The maximum atomic E-state index is 9.07. The van der Waals surface area contributed by atoms with Gasteiger partial charge in [0, 0.05) is 6.07 Å². The van der Waals surface area contributed by atoms with Crippen molar-refractivity contribution in [2.45, 2.75) is 0 Å². The second-order valence-electron chi connectivity index (χ2n) is 2.43. The summed E-state index contributed by atoms with van der Waals surface area (Å²) in [5.74, 6) is 0.198. The van der Waals surface area contributed by atoms with Gasteiger partial charge in [-0.1, -0.05) is 30.3 Å². The van der Waals surface area contributed by atoms with Crippen molar-refractivity contribution in [1.29, 1.82) is 0 Å². The van der Waals surface area contributed by atoms with Crippen molar-refractivity contribution in [1.82, 2.24) is 0 Å². The van der Waals surface area contributed by atoms with Crippen LogP contribution in [0.15, 0.2) is 36.4 Å². The maximum Gasteiger partial charge on any atom is 0.124 e. The SMILES string of the molecule is Oc1[c]c2ccccc2cc1. The molecule has 0 unspecified atom stereocenters. The van der Waals surface area contributed by atoms with Crippen molar-refractivity contribution in [3.63, 3.8) is 0 Å². The van der Waals surface area contributed by atoms with Gasteiger partial charge in [0.15, 0.2) is 0 Å². The lowest BCUT2D eigenvalue weighted by Crippen LogP contribution is -1.70. The molecule has 2 aromatic rings. The Kier molecular flexibility index (Phi) is 1.29. The minimum absolute atomic E-state index is 0.198. The van der Waals surface area contributed by atoms with Crippen LogP contribution in [0.25, 0.3) is 10.8 Å². The molecular weight excluding hydrogens is 136 g/mol. The molecule has 2 rings (SSSR count). The zero-order valence-corrected chi connectivity index (χ0v) is 5.91. The second kappa shape index (κ2) is 2.27. The van der Waals surface area contributed by atoms with Crippen LogP contribution < -0.4 is 0 Å². The lowest BCUT2D eigenvalue weighted by Gasteiger charge is -1.95. The molecule has 11 heavy (non-hydrogen) atoms. The average Bonchev–Trinajstić information content (AvgIpc) is 2.04. The van der Waals surface area contributed by atoms with Crippen LogP contribution in [0.2, 0.25) is 0 Å². The third kappa shape index (κ3) is 1.05. The molecule has 1 radical (unpaired) electrons. The summed E-state index contributed by atoms with van der Waals surface area (Å²) in [7, 11) is 0. The summed E-state index contributed by atoms with van der Waals surface area (Å²) in [4.78, 5) is 0. The Balaban J connectivity index is 2.83. The Morgan fingerprint density at radius 3 is 2.73 bits per heavy atom. The first kappa shape index (κ1) is 6.23. The quantitative estimate of drug-likeness (QED) is 0.600. The Morgan fingerprint density at radius 2 is 1.82 bits per heavy atom. The van der Waals surface area contributed by atoms with Crippen molar-refractivity contribution in [3.05, 3.63) is 42.5 Å². The molecule has 1 heteroatoms. The van der Waals surface area contributed by atoms with Crippen LogP contribution in [0.1, 0.15) is 0 Å². The minimum Gasteiger partial charge on any atom is -0.507 e. The molecule has 0 bridgehead atoms. The lowest BCUT2D eigenvalue weighted by atomic mass is 10.1. The number of rotatable bonds is 0. The highest BCUT2D eigenvalue weighted by atomic mass is 16.3. The summed E-state index contributed by atoms with van der Waals surface area (Å²) in [6.07, 6.45) is 0. The van der Waals surface area contributed by atoms with Crippen molar-refractivity contribution in [2.24, 2.45) is 0 Å². The lowest BCUT2D eigenvalue weighted by molar-refractivity contribution is 0.475. The normalized spacial score (nSPS) is 10.2. The Morgan fingerprint density at radius 1 is 1.00 bits per heavy atom. The van der Waals surface area contributed by atoms with E-state index < -0.39 is 0 Å².